The molecule has 0 aliphatic carbocycles. The molecule has 0 bridgehead atoms. The normalized spacial score (nSPS) is 18.6. The molecule has 1 saturated heterocycles. The van der Waals surface area contributed by atoms with E-state index >= 15 is 0 Å². The first-order chi connectivity index (χ1) is 11.6. The minimum atomic E-state index is -0.140. The molecule has 0 spiro atoms. The van der Waals surface area contributed by atoms with Gasteiger partial charge in [-0.25, -0.2) is 4.79 Å². The zero-order valence-electron chi connectivity index (χ0n) is 14.5. The Morgan fingerprint density at radius 1 is 1.46 bits per heavy atom. The van der Waals surface area contributed by atoms with Crippen molar-refractivity contribution in [2.75, 3.05) is 6.54 Å². The van der Waals surface area contributed by atoms with E-state index < -0.39 is 0 Å². The Kier molecular flexibility index (Phi) is 4.83. The summed E-state index contributed by atoms with van der Waals surface area (Å²) >= 11 is 0. The number of aromatic nitrogens is 2. The molecule has 1 aromatic carbocycles. The Balaban J connectivity index is 1.79. The topological polar surface area (TPSA) is 71.3 Å². The molecule has 24 heavy (non-hydrogen) atoms. The molecule has 1 aliphatic heterocycles. The number of hydrogen-bond donors (Lipinski definition) is 1. The third-order valence-corrected chi connectivity index (χ3v) is 4.61. The minimum Gasteiger partial charge on any atom is -0.337 e. The maximum atomic E-state index is 12.5. The van der Waals surface area contributed by atoms with E-state index in [0.29, 0.717) is 11.7 Å². The van der Waals surface area contributed by atoms with Crippen LogP contribution in [0.25, 0.3) is 11.4 Å². The zero-order valence-corrected chi connectivity index (χ0v) is 14.5. The highest BCUT2D eigenvalue weighted by Crippen LogP contribution is 2.32. The van der Waals surface area contributed by atoms with Crippen LogP contribution in [-0.4, -0.2) is 33.7 Å². The lowest BCUT2D eigenvalue weighted by molar-refractivity contribution is 0.177. The van der Waals surface area contributed by atoms with Gasteiger partial charge in [0.05, 0.1) is 0 Å². The van der Waals surface area contributed by atoms with Crippen LogP contribution in [0.4, 0.5) is 4.79 Å². The van der Waals surface area contributed by atoms with Crippen LogP contribution in [0.1, 0.15) is 50.6 Å². The smallest absolute Gasteiger partial charge is 0.318 e. The molecule has 6 nitrogen and oxygen atoms in total. The number of benzene rings is 1. The predicted octanol–water partition coefficient (Wildman–Crippen LogP) is 3.69. The number of nitrogens with zero attached hydrogens (tertiary/aromatic N) is 3. The second-order valence-electron chi connectivity index (χ2n) is 6.38. The Bertz CT molecular complexity index is 713. The second-order valence-corrected chi connectivity index (χ2v) is 6.38. The molecule has 1 fully saturated rings. The fourth-order valence-electron chi connectivity index (χ4n) is 2.97. The van der Waals surface area contributed by atoms with Gasteiger partial charge in [-0.2, -0.15) is 4.98 Å². The average Bonchev–Trinajstić information content (AvgIpc) is 3.24. The van der Waals surface area contributed by atoms with E-state index in [1.165, 1.54) is 0 Å². The molecule has 3 rings (SSSR count). The van der Waals surface area contributed by atoms with Gasteiger partial charge in [-0.05, 0) is 38.7 Å². The lowest BCUT2D eigenvalue weighted by Gasteiger charge is -2.24. The lowest BCUT2D eigenvalue weighted by atomic mass is 10.1. The number of nitrogens with one attached hydrogen (secondary N) is 1. The summed E-state index contributed by atoms with van der Waals surface area (Å²) in [5, 5.41) is 7.13. The van der Waals surface area contributed by atoms with Crippen molar-refractivity contribution < 1.29 is 9.32 Å². The Morgan fingerprint density at radius 2 is 2.25 bits per heavy atom. The van der Waals surface area contributed by atoms with Crippen LogP contribution in [0.2, 0.25) is 0 Å². The molecule has 128 valence electrons. The largest absolute Gasteiger partial charge is 0.337 e. The number of amides is 2. The summed E-state index contributed by atoms with van der Waals surface area (Å²) in [5.74, 6) is 1.10. The van der Waals surface area contributed by atoms with Gasteiger partial charge in [0.15, 0.2) is 0 Å². The van der Waals surface area contributed by atoms with Crippen molar-refractivity contribution in [3.05, 3.63) is 35.7 Å². The molecule has 2 amide bonds. The van der Waals surface area contributed by atoms with Crippen LogP contribution in [0.3, 0.4) is 0 Å². The molecule has 2 aromatic rings. The second kappa shape index (κ2) is 7.03. The first-order valence-electron chi connectivity index (χ1n) is 8.57. The van der Waals surface area contributed by atoms with Gasteiger partial charge in [-0.3, -0.25) is 0 Å². The van der Waals surface area contributed by atoms with Crippen molar-refractivity contribution >= 4 is 6.03 Å². The standard InChI is InChI=1S/C18H24N4O2/c1-4-13(3)19-18(23)22-11-7-10-15(22)17-20-16(21-24-17)14-9-6-5-8-12(14)2/h5-6,8-9,13,15H,4,7,10-11H2,1-3H3,(H,19,23)/t13-,15+/m0/s1. The monoisotopic (exact) mass is 328 g/mol. The summed E-state index contributed by atoms with van der Waals surface area (Å²) in [7, 11) is 0. The van der Waals surface area contributed by atoms with E-state index in [2.05, 4.69) is 22.4 Å². The molecule has 2 heterocycles. The van der Waals surface area contributed by atoms with Crippen molar-refractivity contribution in [1.82, 2.24) is 20.4 Å². The van der Waals surface area contributed by atoms with Gasteiger partial charge in [0, 0.05) is 18.2 Å². The molecule has 1 N–H and O–H groups in total. The Hall–Kier alpha value is -2.37. The molecular weight excluding hydrogens is 304 g/mol. The van der Waals surface area contributed by atoms with Crippen LogP contribution in [-0.2, 0) is 0 Å². The van der Waals surface area contributed by atoms with Crippen molar-refractivity contribution in [2.45, 2.75) is 52.1 Å². The van der Waals surface area contributed by atoms with Gasteiger partial charge in [0.25, 0.3) is 0 Å². The van der Waals surface area contributed by atoms with Crippen molar-refractivity contribution in [3.63, 3.8) is 0 Å². The van der Waals surface area contributed by atoms with E-state index in [9.17, 15) is 4.79 Å². The quantitative estimate of drug-likeness (QED) is 0.929. The first-order valence-corrected chi connectivity index (χ1v) is 8.57. The third kappa shape index (κ3) is 3.27. The van der Waals surface area contributed by atoms with Gasteiger partial charge in [0.1, 0.15) is 6.04 Å². The zero-order chi connectivity index (χ0) is 17.1. The van der Waals surface area contributed by atoms with Crippen LogP contribution in [0, 0.1) is 6.92 Å². The summed E-state index contributed by atoms with van der Waals surface area (Å²) in [4.78, 5) is 18.8. The summed E-state index contributed by atoms with van der Waals surface area (Å²) in [6.07, 6.45) is 2.70. The number of rotatable bonds is 4. The SMILES string of the molecule is CC[C@H](C)NC(=O)N1CCC[C@@H]1c1nc(-c2ccccc2C)no1. The molecule has 0 radical (unpaired) electrons. The van der Waals surface area contributed by atoms with E-state index in [1.54, 1.807) is 4.90 Å². The maximum Gasteiger partial charge on any atom is 0.318 e. The number of aryl methyl sites for hydroxylation is 1. The molecule has 6 heteroatoms. The molecule has 1 aromatic heterocycles. The van der Waals surface area contributed by atoms with E-state index in [1.807, 2.05) is 38.1 Å². The lowest BCUT2D eigenvalue weighted by Crippen LogP contribution is -2.43. The maximum absolute atomic E-state index is 12.5. The van der Waals surface area contributed by atoms with Crippen molar-refractivity contribution in [3.8, 4) is 11.4 Å². The van der Waals surface area contributed by atoms with Crippen LogP contribution >= 0.6 is 0 Å². The summed E-state index contributed by atoms with van der Waals surface area (Å²) in [6.45, 7) is 6.80. The van der Waals surface area contributed by atoms with Crippen molar-refractivity contribution in [2.24, 2.45) is 0 Å². The summed E-state index contributed by atoms with van der Waals surface area (Å²) in [6, 6.07) is 7.90. The molecule has 1 aliphatic rings. The average molecular weight is 328 g/mol. The number of likely N-dealkylation sites (tertiary alicyclic amines) is 1. The van der Waals surface area contributed by atoms with E-state index in [0.717, 1.165) is 36.9 Å². The predicted molar refractivity (Wildman–Crippen MR) is 91.4 cm³/mol. The van der Waals surface area contributed by atoms with E-state index in [-0.39, 0.29) is 18.1 Å². The number of carbonyl (C=O) groups excluding carboxylic acids is 1. The highest BCUT2D eigenvalue weighted by Gasteiger charge is 2.34. The van der Waals surface area contributed by atoms with Gasteiger partial charge >= 0.3 is 6.03 Å². The number of carbonyl (C=O) groups is 1. The first kappa shape index (κ1) is 16.5. The highest BCUT2D eigenvalue weighted by atomic mass is 16.5. The van der Waals surface area contributed by atoms with Gasteiger partial charge < -0.3 is 14.7 Å². The van der Waals surface area contributed by atoms with Gasteiger partial charge in [0.2, 0.25) is 11.7 Å². The van der Waals surface area contributed by atoms with Gasteiger partial charge in [-0.15, -0.1) is 0 Å². The van der Waals surface area contributed by atoms with Crippen LogP contribution < -0.4 is 5.32 Å². The van der Waals surface area contributed by atoms with Gasteiger partial charge in [-0.1, -0.05) is 36.3 Å². The molecule has 0 unspecified atom stereocenters. The molecule has 0 saturated carbocycles. The Morgan fingerprint density at radius 3 is 3.00 bits per heavy atom. The van der Waals surface area contributed by atoms with Crippen LogP contribution in [0.15, 0.2) is 28.8 Å². The van der Waals surface area contributed by atoms with E-state index in [4.69, 9.17) is 4.52 Å². The summed E-state index contributed by atoms with van der Waals surface area (Å²) < 4.78 is 5.49. The fraction of sp³-hybridized carbons (Fsp3) is 0.500. The number of urea groups is 1. The van der Waals surface area contributed by atoms with Crippen molar-refractivity contribution in [1.29, 1.82) is 0 Å². The Labute approximate surface area is 142 Å². The highest BCUT2D eigenvalue weighted by molar-refractivity contribution is 5.75. The minimum absolute atomic E-state index is 0.0532. The fourth-order valence-corrected chi connectivity index (χ4v) is 2.97. The molecular formula is C18H24N4O2. The van der Waals surface area contributed by atoms with Crippen LogP contribution in [0.5, 0.6) is 0 Å². The number of hydrogen-bond acceptors (Lipinski definition) is 4. The molecule has 2 atom stereocenters. The third-order valence-electron chi connectivity index (χ3n) is 4.61. The summed E-state index contributed by atoms with van der Waals surface area (Å²) in [5.41, 5.74) is 2.06.